The smallest absolute Gasteiger partial charge is 0.410 e. The van der Waals surface area contributed by atoms with Crippen molar-refractivity contribution in [3.05, 3.63) is 0 Å². The van der Waals surface area contributed by atoms with E-state index in [9.17, 15) is 9.59 Å². The van der Waals surface area contributed by atoms with Crippen LogP contribution >= 0.6 is 0 Å². The Morgan fingerprint density at radius 1 is 1.32 bits per heavy atom. The van der Waals surface area contributed by atoms with Crippen molar-refractivity contribution >= 4 is 12.4 Å². The lowest BCUT2D eigenvalue weighted by Gasteiger charge is -2.31. The number of hydrogen-bond acceptors (Lipinski definition) is 3. The van der Waals surface area contributed by atoms with Crippen LogP contribution in [0.1, 0.15) is 52.9 Å². The first kappa shape index (κ1) is 16.0. The van der Waals surface area contributed by atoms with E-state index in [1.165, 1.54) is 24.2 Å². The summed E-state index contributed by atoms with van der Waals surface area (Å²) in [7, 11) is 1.70. The standard InChI is InChI=1S/C15H27NO3/c1-15(2,3)19-14(18)16(4)10-13(11-17)12-8-6-5-7-9-12/h11-13H,5-10H2,1-4H3. The highest BCUT2D eigenvalue weighted by Gasteiger charge is 2.27. The van der Waals surface area contributed by atoms with Gasteiger partial charge in [0.25, 0.3) is 0 Å². The Labute approximate surface area is 116 Å². The highest BCUT2D eigenvalue weighted by atomic mass is 16.6. The Balaban J connectivity index is 2.50. The summed E-state index contributed by atoms with van der Waals surface area (Å²) in [4.78, 5) is 24.7. The van der Waals surface area contributed by atoms with Crippen molar-refractivity contribution in [2.24, 2.45) is 11.8 Å². The second-order valence-corrected chi connectivity index (χ2v) is 6.56. The molecule has 1 rings (SSSR count). The van der Waals surface area contributed by atoms with E-state index in [0.29, 0.717) is 12.5 Å². The SMILES string of the molecule is CN(CC(C=O)C1CCCCC1)C(=O)OC(C)(C)C. The number of hydrogen-bond donors (Lipinski definition) is 0. The van der Waals surface area contributed by atoms with Crippen molar-refractivity contribution in [3.63, 3.8) is 0 Å². The molecular weight excluding hydrogens is 242 g/mol. The van der Waals surface area contributed by atoms with Crippen LogP contribution in [0.25, 0.3) is 0 Å². The first-order chi connectivity index (χ1) is 8.83. The minimum Gasteiger partial charge on any atom is -0.444 e. The Morgan fingerprint density at radius 3 is 2.37 bits per heavy atom. The molecule has 0 radical (unpaired) electrons. The van der Waals surface area contributed by atoms with Gasteiger partial charge in [0.15, 0.2) is 0 Å². The fourth-order valence-electron chi connectivity index (χ4n) is 2.60. The maximum absolute atomic E-state index is 11.9. The lowest BCUT2D eigenvalue weighted by molar-refractivity contribution is -0.113. The van der Waals surface area contributed by atoms with Gasteiger partial charge in [-0.05, 0) is 39.5 Å². The minimum atomic E-state index is -0.493. The average Bonchev–Trinajstić information content (AvgIpc) is 2.34. The molecule has 0 aliphatic heterocycles. The fourth-order valence-corrected chi connectivity index (χ4v) is 2.60. The Kier molecular flexibility index (Phi) is 5.83. The van der Waals surface area contributed by atoms with Crippen molar-refractivity contribution in [2.45, 2.75) is 58.5 Å². The van der Waals surface area contributed by atoms with Crippen LogP contribution in [0.2, 0.25) is 0 Å². The number of aldehydes is 1. The molecule has 1 fully saturated rings. The quantitative estimate of drug-likeness (QED) is 0.736. The van der Waals surface area contributed by atoms with Gasteiger partial charge in [-0.1, -0.05) is 19.3 Å². The third kappa shape index (κ3) is 5.62. The van der Waals surface area contributed by atoms with E-state index in [1.807, 2.05) is 20.8 Å². The second kappa shape index (κ2) is 6.92. The number of ether oxygens (including phenoxy) is 1. The molecular formula is C15H27NO3. The molecule has 0 aromatic rings. The minimum absolute atomic E-state index is 0.0576. The Hall–Kier alpha value is -1.06. The topological polar surface area (TPSA) is 46.6 Å². The molecule has 4 nitrogen and oxygen atoms in total. The molecule has 19 heavy (non-hydrogen) atoms. The zero-order valence-electron chi connectivity index (χ0n) is 12.6. The third-order valence-electron chi connectivity index (χ3n) is 3.62. The van der Waals surface area contributed by atoms with E-state index in [4.69, 9.17) is 4.74 Å². The van der Waals surface area contributed by atoms with Crippen LogP contribution in [0, 0.1) is 11.8 Å². The predicted molar refractivity (Wildman–Crippen MR) is 75.0 cm³/mol. The fraction of sp³-hybridized carbons (Fsp3) is 0.867. The Bertz CT molecular complexity index is 303. The van der Waals surface area contributed by atoms with Crippen LogP contribution in [-0.4, -0.2) is 36.5 Å². The summed E-state index contributed by atoms with van der Waals surface area (Å²) >= 11 is 0. The average molecular weight is 269 g/mol. The van der Waals surface area contributed by atoms with Gasteiger partial charge in [0.2, 0.25) is 0 Å². The molecule has 0 spiro atoms. The molecule has 1 atom stereocenters. The second-order valence-electron chi connectivity index (χ2n) is 6.56. The van der Waals surface area contributed by atoms with Crippen LogP contribution in [0.15, 0.2) is 0 Å². The summed E-state index contributed by atoms with van der Waals surface area (Å²) in [6.45, 7) is 5.99. The van der Waals surface area contributed by atoms with Crippen molar-refractivity contribution in [3.8, 4) is 0 Å². The maximum atomic E-state index is 11.9. The van der Waals surface area contributed by atoms with Crippen LogP contribution in [0.3, 0.4) is 0 Å². The maximum Gasteiger partial charge on any atom is 0.410 e. The number of nitrogens with zero attached hydrogens (tertiary/aromatic N) is 1. The summed E-state index contributed by atoms with van der Waals surface area (Å²) in [5.74, 6) is 0.369. The van der Waals surface area contributed by atoms with E-state index < -0.39 is 5.60 Å². The zero-order chi connectivity index (χ0) is 14.5. The summed E-state index contributed by atoms with van der Waals surface area (Å²) in [5, 5.41) is 0. The van der Waals surface area contributed by atoms with Crippen LogP contribution in [0.4, 0.5) is 4.79 Å². The van der Waals surface area contributed by atoms with Gasteiger partial charge in [-0.3, -0.25) is 0 Å². The molecule has 0 aromatic carbocycles. The van der Waals surface area contributed by atoms with E-state index in [0.717, 1.165) is 19.1 Å². The number of carbonyl (C=O) groups excluding carboxylic acids is 2. The molecule has 1 unspecified atom stereocenters. The van der Waals surface area contributed by atoms with Gasteiger partial charge in [-0.2, -0.15) is 0 Å². The van der Waals surface area contributed by atoms with Gasteiger partial charge in [-0.25, -0.2) is 4.79 Å². The molecule has 110 valence electrons. The van der Waals surface area contributed by atoms with E-state index in [1.54, 1.807) is 7.05 Å². The van der Waals surface area contributed by atoms with Gasteiger partial charge < -0.3 is 14.4 Å². The number of amides is 1. The van der Waals surface area contributed by atoms with E-state index in [-0.39, 0.29) is 12.0 Å². The zero-order valence-corrected chi connectivity index (χ0v) is 12.6. The molecule has 1 amide bonds. The molecule has 1 saturated carbocycles. The number of rotatable bonds is 4. The van der Waals surface area contributed by atoms with Crippen molar-refractivity contribution in [1.29, 1.82) is 0 Å². The van der Waals surface area contributed by atoms with Crippen molar-refractivity contribution in [2.75, 3.05) is 13.6 Å². The van der Waals surface area contributed by atoms with E-state index >= 15 is 0 Å². The van der Waals surface area contributed by atoms with Gasteiger partial charge in [0.05, 0.1) is 0 Å². The van der Waals surface area contributed by atoms with Crippen molar-refractivity contribution in [1.82, 2.24) is 4.90 Å². The molecule has 0 saturated heterocycles. The number of carbonyl (C=O) groups is 2. The normalized spacial score (nSPS) is 18.7. The van der Waals surface area contributed by atoms with Crippen LogP contribution < -0.4 is 0 Å². The first-order valence-corrected chi connectivity index (χ1v) is 7.23. The van der Waals surface area contributed by atoms with Crippen LogP contribution in [-0.2, 0) is 9.53 Å². The molecule has 1 aliphatic rings. The Morgan fingerprint density at radius 2 is 1.89 bits per heavy atom. The highest BCUT2D eigenvalue weighted by molar-refractivity contribution is 5.68. The summed E-state index contributed by atoms with van der Waals surface area (Å²) in [6.07, 6.45) is 6.53. The molecule has 0 heterocycles. The largest absolute Gasteiger partial charge is 0.444 e. The highest BCUT2D eigenvalue weighted by Crippen LogP contribution is 2.29. The molecule has 0 bridgehead atoms. The summed E-state index contributed by atoms with van der Waals surface area (Å²) in [6, 6.07) is 0. The van der Waals surface area contributed by atoms with Crippen molar-refractivity contribution < 1.29 is 14.3 Å². The summed E-state index contributed by atoms with van der Waals surface area (Å²) < 4.78 is 5.30. The van der Waals surface area contributed by atoms with Gasteiger partial charge in [0, 0.05) is 19.5 Å². The predicted octanol–water partition coefficient (Wildman–Crippen LogP) is 3.25. The van der Waals surface area contributed by atoms with Crippen LogP contribution in [0.5, 0.6) is 0 Å². The molecule has 1 aliphatic carbocycles. The molecule has 0 N–H and O–H groups in total. The van der Waals surface area contributed by atoms with Gasteiger partial charge in [-0.15, -0.1) is 0 Å². The monoisotopic (exact) mass is 269 g/mol. The third-order valence-corrected chi connectivity index (χ3v) is 3.62. The lowest BCUT2D eigenvalue weighted by Crippen LogP contribution is -2.39. The van der Waals surface area contributed by atoms with Gasteiger partial charge >= 0.3 is 6.09 Å². The molecule has 4 heteroatoms. The summed E-state index contributed by atoms with van der Waals surface area (Å²) in [5.41, 5.74) is -0.493. The van der Waals surface area contributed by atoms with Gasteiger partial charge in [0.1, 0.15) is 11.9 Å². The molecule has 0 aromatic heterocycles. The first-order valence-electron chi connectivity index (χ1n) is 7.23. The lowest BCUT2D eigenvalue weighted by atomic mass is 9.80. The van der Waals surface area contributed by atoms with E-state index in [2.05, 4.69) is 0 Å².